The van der Waals surface area contributed by atoms with Crippen LogP contribution in [0.2, 0.25) is 0 Å². The van der Waals surface area contributed by atoms with Gasteiger partial charge in [-0.3, -0.25) is 4.98 Å². The molecule has 3 nitrogen and oxygen atoms in total. The molecule has 2 aromatic heterocycles. The lowest BCUT2D eigenvalue weighted by molar-refractivity contribution is 0.495. The first kappa shape index (κ1) is 12.4. The molecule has 1 aliphatic carbocycles. The topological polar surface area (TPSA) is 29.9 Å². The molecule has 19 heavy (non-hydrogen) atoms. The van der Waals surface area contributed by atoms with Gasteiger partial charge in [-0.2, -0.15) is 0 Å². The third-order valence-electron chi connectivity index (χ3n) is 3.72. The van der Waals surface area contributed by atoms with Crippen molar-refractivity contribution in [2.24, 2.45) is 5.92 Å². The Labute approximate surface area is 114 Å². The summed E-state index contributed by atoms with van der Waals surface area (Å²) in [6.07, 6.45) is 9.01. The van der Waals surface area contributed by atoms with Gasteiger partial charge in [0.1, 0.15) is 0 Å². The van der Waals surface area contributed by atoms with Gasteiger partial charge < -0.3 is 9.88 Å². The van der Waals surface area contributed by atoms with E-state index in [4.69, 9.17) is 0 Å². The fraction of sp³-hybridized carbons (Fsp3) is 0.438. The smallest absolute Gasteiger partial charge is 0.0642 e. The summed E-state index contributed by atoms with van der Waals surface area (Å²) in [6, 6.07) is 8.85. The molecule has 0 radical (unpaired) electrons. The maximum Gasteiger partial charge on any atom is 0.0642 e. The van der Waals surface area contributed by atoms with E-state index >= 15 is 0 Å². The molecule has 100 valence electrons. The Kier molecular flexibility index (Phi) is 3.65. The van der Waals surface area contributed by atoms with Gasteiger partial charge >= 0.3 is 0 Å². The van der Waals surface area contributed by atoms with Gasteiger partial charge in [-0.25, -0.2) is 0 Å². The molecule has 0 amide bonds. The average Bonchev–Trinajstić information content (AvgIpc) is 3.17. The summed E-state index contributed by atoms with van der Waals surface area (Å²) in [6.45, 7) is 4.07. The summed E-state index contributed by atoms with van der Waals surface area (Å²) in [7, 11) is 0. The van der Waals surface area contributed by atoms with Gasteiger partial charge in [-0.15, -0.1) is 0 Å². The van der Waals surface area contributed by atoms with Crippen LogP contribution in [0.5, 0.6) is 0 Å². The van der Waals surface area contributed by atoms with Crippen LogP contribution in [0.25, 0.3) is 0 Å². The maximum absolute atomic E-state index is 4.38. The van der Waals surface area contributed by atoms with Crippen LogP contribution in [0.15, 0.2) is 42.9 Å². The molecule has 0 aromatic carbocycles. The molecule has 3 heteroatoms. The fourth-order valence-corrected chi connectivity index (χ4v) is 2.63. The van der Waals surface area contributed by atoms with E-state index in [-0.39, 0.29) is 0 Å². The number of hydrogen-bond acceptors (Lipinski definition) is 2. The van der Waals surface area contributed by atoms with Gasteiger partial charge in [-0.05, 0) is 49.1 Å². The molecule has 2 heterocycles. The van der Waals surface area contributed by atoms with E-state index in [0.29, 0.717) is 6.04 Å². The first-order valence-corrected chi connectivity index (χ1v) is 7.16. The third-order valence-corrected chi connectivity index (χ3v) is 3.72. The lowest BCUT2D eigenvalue weighted by Crippen LogP contribution is -2.22. The van der Waals surface area contributed by atoms with Crippen molar-refractivity contribution in [3.8, 4) is 0 Å². The summed E-state index contributed by atoms with van der Waals surface area (Å²) < 4.78 is 2.23. The fourth-order valence-electron chi connectivity index (χ4n) is 2.63. The van der Waals surface area contributed by atoms with Crippen LogP contribution in [0.3, 0.4) is 0 Å². The molecule has 1 atom stereocenters. The first-order chi connectivity index (χ1) is 9.36. The molecule has 1 N–H and O–H groups in total. The Bertz CT molecular complexity index is 514. The van der Waals surface area contributed by atoms with E-state index in [1.165, 1.54) is 18.4 Å². The SMILES string of the molecule is CCNC(c1ccn(Cc2ccccn2)c1)C1CC1. The minimum atomic E-state index is 0.537. The van der Waals surface area contributed by atoms with Crippen LogP contribution in [0.1, 0.15) is 37.1 Å². The quantitative estimate of drug-likeness (QED) is 0.860. The molecular formula is C16H21N3. The Morgan fingerprint density at radius 2 is 2.26 bits per heavy atom. The molecule has 0 bridgehead atoms. The molecule has 1 fully saturated rings. The van der Waals surface area contributed by atoms with Crippen LogP contribution in [-0.2, 0) is 6.54 Å². The van der Waals surface area contributed by atoms with Crippen molar-refractivity contribution in [1.29, 1.82) is 0 Å². The van der Waals surface area contributed by atoms with Crippen LogP contribution in [0, 0.1) is 5.92 Å². The highest BCUT2D eigenvalue weighted by molar-refractivity contribution is 5.19. The molecule has 1 aliphatic rings. The number of aromatic nitrogens is 2. The van der Waals surface area contributed by atoms with Crippen molar-refractivity contribution < 1.29 is 0 Å². The minimum Gasteiger partial charge on any atom is -0.348 e. The van der Waals surface area contributed by atoms with E-state index in [2.05, 4.69) is 46.3 Å². The van der Waals surface area contributed by atoms with Crippen molar-refractivity contribution in [3.63, 3.8) is 0 Å². The number of nitrogens with one attached hydrogen (secondary N) is 1. The Morgan fingerprint density at radius 1 is 1.37 bits per heavy atom. The molecule has 0 aliphatic heterocycles. The normalized spacial score (nSPS) is 16.5. The van der Waals surface area contributed by atoms with Crippen LogP contribution in [-0.4, -0.2) is 16.1 Å². The number of hydrogen-bond donors (Lipinski definition) is 1. The highest BCUT2D eigenvalue weighted by Crippen LogP contribution is 2.40. The number of rotatable bonds is 6. The predicted molar refractivity (Wildman–Crippen MR) is 76.9 cm³/mol. The second kappa shape index (κ2) is 5.57. The third kappa shape index (κ3) is 3.04. The zero-order chi connectivity index (χ0) is 13.1. The zero-order valence-corrected chi connectivity index (χ0v) is 11.4. The second-order valence-electron chi connectivity index (χ2n) is 5.31. The standard InChI is InChI=1S/C16H21N3/c1-2-17-16(13-6-7-13)14-8-10-19(11-14)12-15-5-3-4-9-18-15/h3-5,8-11,13,16-17H,2,6-7,12H2,1H3. The van der Waals surface area contributed by atoms with Crippen LogP contribution in [0.4, 0.5) is 0 Å². The second-order valence-corrected chi connectivity index (χ2v) is 5.31. The maximum atomic E-state index is 4.38. The minimum absolute atomic E-state index is 0.537. The van der Waals surface area contributed by atoms with E-state index in [9.17, 15) is 0 Å². The molecule has 1 saturated carbocycles. The van der Waals surface area contributed by atoms with Crippen molar-refractivity contribution in [2.45, 2.75) is 32.4 Å². The average molecular weight is 255 g/mol. The summed E-state index contributed by atoms with van der Waals surface area (Å²) in [5.41, 5.74) is 2.52. The van der Waals surface area contributed by atoms with E-state index in [0.717, 1.165) is 24.7 Å². The number of pyridine rings is 1. The van der Waals surface area contributed by atoms with Gasteiger partial charge in [-0.1, -0.05) is 13.0 Å². The summed E-state index contributed by atoms with van der Waals surface area (Å²) in [5.74, 6) is 0.839. The molecular weight excluding hydrogens is 234 g/mol. The summed E-state index contributed by atoms with van der Waals surface area (Å²) in [4.78, 5) is 4.38. The van der Waals surface area contributed by atoms with E-state index in [1.54, 1.807) is 0 Å². The Balaban J connectivity index is 1.71. The Morgan fingerprint density at radius 3 is 2.95 bits per heavy atom. The number of nitrogens with zero attached hydrogens (tertiary/aromatic N) is 2. The Hall–Kier alpha value is -1.61. The first-order valence-electron chi connectivity index (χ1n) is 7.16. The van der Waals surface area contributed by atoms with Crippen molar-refractivity contribution in [3.05, 3.63) is 54.1 Å². The molecule has 3 rings (SSSR count). The van der Waals surface area contributed by atoms with E-state index < -0.39 is 0 Å². The lowest BCUT2D eigenvalue weighted by Gasteiger charge is -2.15. The summed E-state index contributed by atoms with van der Waals surface area (Å²) >= 11 is 0. The summed E-state index contributed by atoms with van der Waals surface area (Å²) in [5, 5.41) is 3.61. The van der Waals surface area contributed by atoms with E-state index in [1.807, 2.05) is 18.3 Å². The van der Waals surface area contributed by atoms with Gasteiger partial charge in [0, 0.05) is 24.6 Å². The highest BCUT2D eigenvalue weighted by Gasteiger charge is 2.31. The lowest BCUT2D eigenvalue weighted by atomic mass is 10.1. The van der Waals surface area contributed by atoms with Gasteiger partial charge in [0.2, 0.25) is 0 Å². The van der Waals surface area contributed by atoms with Crippen molar-refractivity contribution in [2.75, 3.05) is 6.54 Å². The van der Waals surface area contributed by atoms with Crippen LogP contribution < -0.4 is 5.32 Å². The van der Waals surface area contributed by atoms with Crippen molar-refractivity contribution >= 4 is 0 Å². The molecule has 0 spiro atoms. The monoisotopic (exact) mass is 255 g/mol. The molecule has 2 aromatic rings. The van der Waals surface area contributed by atoms with Crippen LogP contribution >= 0.6 is 0 Å². The van der Waals surface area contributed by atoms with Gasteiger partial charge in [0.25, 0.3) is 0 Å². The van der Waals surface area contributed by atoms with Crippen molar-refractivity contribution in [1.82, 2.24) is 14.9 Å². The zero-order valence-electron chi connectivity index (χ0n) is 11.4. The van der Waals surface area contributed by atoms with Gasteiger partial charge in [0.15, 0.2) is 0 Å². The van der Waals surface area contributed by atoms with Gasteiger partial charge in [0.05, 0.1) is 12.2 Å². The predicted octanol–water partition coefficient (Wildman–Crippen LogP) is 2.99. The highest BCUT2D eigenvalue weighted by atomic mass is 15.0. The molecule has 0 saturated heterocycles. The largest absolute Gasteiger partial charge is 0.348 e. The molecule has 1 unspecified atom stereocenters.